The predicted molar refractivity (Wildman–Crippen MR) is 107 cm³/mol. The van der Waals surface area contributed by atoms with E-state index in [2.05, 4.69) is 27.1 Å². The fourth-order valence-corrected chi connectivity index (χ4v) is 4.26. The molecule has 1 heterocycles. The van der Waals surface area contributed by atoms with Gasteiger partial charge in [0.15, 0.2) is 0 Å². The second-order valence-electron chi connectivity index (χ2n) is 5.59. The number of aromatic nitrogens is 3. The van der Waals surface area contributed by atoms with E-state index in [1.54, 1.807) is 24.3 Å². The molecule has 144 valence electrons. The molecule has 1 aromatic heterocycles. The second-order valence-corrected chi connectivity index (χ2v) is 7.86. The Kier molecular flexibility index (Phi) is 5.76. The molecule has 0 aliphatic carbocycles. The van der Waals surface area contributed by atoms with Crippen LogP contribution in [0, 0.1) is 0 Å². The van der Waals surface area contributed by atoms with Crippen LogP contribution in [0.4, 0.5) is 11.6 Å². The summed E-state index contributed by atoms with van der Waals surface area (Å²) in [6.07, 6.45) is 2.70. The molecule has 0 atom stereocenters. The van der Waals surface area contributed by atoms with Crippen LogP contribution < -0.4 is 9.62 Å². The normalized spacial score (nSPS) is 11.0. The number of amides is 1. The number of carbonyl (C=O) groups is 1. The Morgan fingerprint density at radius 2 is 2.04 bits per heavy atom. The number of anilines is 2. The SMILES string of the molecule is C=CCN(c1ccccc1Cl)S(=O)(=O)c1cccc(C(=O)Nc2ncn[nH]2)c1. The number of benzene rings is 2. The first-order chi connectivity index (χ1) is 13.4. The second kappa shape index (κ2) is 8.24. The summed E-state index contributed by atoms with van der Waals surface area (Å²) in [6.45, 7) is 3.64. The standard InChI is InChI=1S/C18H16ClN5O3S/c1-2-10-24(16-9-4-3-8-15(16)19)28(26,27)14-7-5-6-13(11-14)17(25)22-18-20-12-21-23-18/h2-9,11-12H,1,10H2,(H2,20,21,22,23,25). The van der Waals surface area contributed by atoms with Crippen molar-refractivity contribution in [3.05, 3.63) is 78.1 Å². The first-order valence-electron chi connectivity index (χ1n) is 8.08. The van der Waals surface area contributed by atoms with Gasteiger partial charge in [-0.15, -0.1) is 6.58 Å². The monoisotopic (exact) mass is 417 g/mol. The van der Waals surface area contributed by atoms with E-state index in [1.165, 1.54) is 36.7 Å². The highest BCUT2D eigenvalue weighted by Crippen LogP contribution is 2.30. The third-order valence-corrected chi connectivity index (χ3v) is 5.84. The van der Waals surface area contributed by atoms with Crippen molar-refractivity contribution in [1.82, 2.24) is 15.2 Å². The minimum Gasteiger partial charge on any atom is -0.291 e. The first kappa shape index (κ1) is 19.6. The molecular weight excluding hydrogens is 402 g/mol. The fourth-order valence-electron chi connectivity index (χ4n) is 2.47. The summed E-state index contributed by atoms with van der Waals surface area (Å²) >= 11 is 6.19. The van der Waals surface area contributed by atoms with E-state index in [0.717, 1.165) is 4.31 Å². The van der Waals surface area contributed by atoms with Crippen molar-refractivity contribution in [3.8, 4) is 0 Å². The number of halogens is 1. The van der Waals surface area contributed by atoms with Gasteiger partial charge in [-0.1, -0.05) is 35.9 Å². The van der Waals surface area contributed by atoms with Crippen LogP contribution in [-0.2, 0) is 10.0 Å². The lowest BCUT2D eigenvalue weighted by Gasteiger charge is -2.24. The zero-order chi connectivity index (χ0) is 20.1. The number of sulfonamides is 1. The summed E-state index contributed by atoms with van der Waals surface area (Å²) in [5.41, 5.74) is 0.468. The zero-order valence-corrected chi connectivity index (χ0v) is 16.1. The molecule has 10 heteroatoms. The number of rotatable bonds is 7. The van der Waals surface area contributed by atoms with Gasteiger partial charge in [-0.3, -0.25) is 14.4 Å². The summed E-state index contributed by atoms with van der Waals surface area (Å²) in [5.74, 6) is -0.371. The summed E-state index contributed by atoms with van der Waals surface area (Å²) in [4.78, 5) is 16.1. The Bertz CT molecular complexity index is 1100. The van der Waals surface area contributed by atoms with E-state index in [1.807, 2.05) is 0 Å². The maximum Gasteiger partial charge on any atom is 0.264 e. The lowest BCUT2D eigenvalue weighted by molar-refractivity contribution is 0.102. The molecule has 28 heavy (non-hydrogen) atoms. The fraction of sp³-hybridized carbons (Fsp3) is 0.0556. The molecule has 0 fully saturated rings. The van der Waals surface area contributed by atoms with Crippen LogP contribution in [0.1, 0.15) is 10.4 Å². The minimum atomic E-state index is -3.99. The highest BCUT2D eigenvalue weighted by atomic mass is 35.5. The van der Waals surface area contributed by atoms with Crippen LogP contribution in [0.2, 0.25) is 5.02 Å². The van der Waals surface area contributed by atoms with E-state index in [0.29, 0.717) is 5.69 Å². The molecule has 0 saturated heterocycles. The topological polar surface area (TPSA) is 108 Å². The van der Waals surface area contributed by atoms with Crippen molar-refractivity contribution >= 4 is 39.2 Å². The molecule has 0 aliphatic rings. The Morgan fingerprint density at radius 3 is 2.71 bits per heavy atom. The lowest BCUT2D eigenvalue weighted by Crippen LogP contribution is -2.31. The van der Waals surface area contributed by atoms with Crippen LogP contribution in [0.3, 0.4) is 0 Å². The highest BCUT2D eigenvalue weighted by molar-refractivity contribution is 7.92. The van der Waals surface area contributed by atoms with Crippen LogP contribution in [-0.4, -0.2) is 36.1 Å². The molecule has 3 rings (SSSR count). The summed E-state index contributed by atoms with van der Waals surface area (Å²) in [5, 5.41) is 8.92. The third kappa shape index (κ3) is 4.05. The van der Waals surface area contributed by atoms with Crippen LogP contribution in [0.5, 0.6) is 0 Å². The van der Waals surface area contributed by atoms with Gasteiger partial charge in [0, 0.05) is 5.56 Å². The van der Waals surface area contributed by atoms with E-state index in [9.17, 15) is 13.2 Å². The number of nitrogens with zero attached hydrogens (tertiary/aromatic N) is 3. The van der Waals surface area contributed by atoms with Crippen LogP contribution >= 0.6 is 11.6 Å². The van der Waals surface area contributed by atoms with Crippen LogP contribution in [0.25, 0.3) is 0 Å². The smallest absolute Gasteiger partial charge is 0.264 e. The average molecular weight is 418 g/mol. The molecule has 0 saturated carbocycles. The van der Waals surface area contributed by atoms with Gasteiger partial charge < -0.3 is 0 Å². The van der Waals surface area contributed by atoms with Crippen molar-refractivity contribution in [2.45, 2.75) is 4.90 Å². The molecule has 2 N–H and O–H groups in total. The number of hydrogen-bond acceptors (Lipinski definition) is 5. The number of hydrogen-bond donors (Lipinski definition) is 2. The van der Waals surface area contributed by atoms with E-state index >= 15 is 0 Å². The Hall–Kier alpha value is -3.17. The van der Waals surface area contributed by atoms with Crippen molar-refractivity contribution < 1.29 is 13.2 Å². The zero-order valence-electron chi connectivity index (χ0n) is 14.5. The molecule has 0 aliphatic heterocycles. The van der Waals surface area contributed by atoms with Gasteiger partial charge >= 0.3 is 0 Å². The number of aromatic amines is 1. The molecule has 0 spiro atoms. The molecule has 0 bridgehead atoms. The number of H-pyrrole nitrogens is 1. The van der Waals surface area contributed by atoms with Crippen molar-refractivity contribution in [1.29, 1.82) is 0 Å². The lowest BCUT2D eigenvalue weighted by atomic mass is 10.2. The van der Waals surface area contributed by atoms with Crippen molar-refractivity contribution in [2.24, 2.45) is 0 Å². The van der Waals surface area contributed by atoms with Gasteiger partial charge in [0.25, 0.3) is 15.9 Å². The van der Waals surface area contributed by atoms with Gasteiger partial charge in [-0.2, -0.15) is 10.1 Å². The Balaban J connectivity index is 1.97. The van der Waals surface area contributed by atoms with Gasteiger partial charge in [0.1, 0.15) is 6.33 Å². The van der Waals surface area contributed by atoms with E-state index in [-0.39, 0.29) is 28.0 Å². The molecule has 2 aromatic carbocycles. The molecule has 0 unspecified atom stereocenters. The van der Waals surface area contributed by atoms with E-state index < -0.39 is 15.9 Å². The van der Waals surface area contributed by atoms with Crippen molar-refractivity contribution in [3.63, 3.8) is 0 Å². The third-order valence-electron chi connectivity index (χ3n) is 3.75. The molecule has 3 aromatic rings. The number of nitrogens with one attached hydrogen (secondary N) is 2. The quantitative estimate of drug-likeness (QED) is 0.574. The van der Waals surface area contributed by atoms with Gasteiger partial charge in [-0.25, -0.2) is 13.5 Å². The van der Waals surface area contributed by atoms with Gasteiger partial charge in [-0.05, 0) is 30.3 Å². The van der Waals surface area contributed by atoms with Crippen LogP contribution in [0.15, 0.2) is 72.4 Å². The Morgan fingerprint density at radius 1 is 1.25 bits per heavy atom. The van der Waals surface area contributed by atoms with Crippen molar-refractivity contribution in [2.75, 3.05) is 16.2 Å². The summed E-state index contributed by atoms with van der Waals surface area (Å²) in [7, 11) is -3.99. The maximum atomic E-state index is 13.2. The molecule has 8 nitrogen and oxygen atoms in total. The minimum absolute atomic E-state index is 0.0144. The molecule has 1 amide bonds. The first-order valence-corrected chi connectivity index (χ1v) is 9.90. The predicted octanol–water partition coefficient (Wildman–Crippen LogP) is 3.09. The largest absolute Gasteiger partial charge is 0.291 e. The maximum absolute atomic E-state index is 13.2. The average Bonchev–Trinajstić information content (AvgIpc) is 3.20. The summed E-state index contributed by atoms with van der Waals surface area (Å²) in [6, 6.07) is 12.3. The summed E-state index contributed by atoms with van der Waals surface area (Å²) < 4.78 is 27.6. The Labute approximate surface area is 166 Å². The molecular formula is C18H16ClN5O3S. The van der Waals surface area contributed by atoms with Gasteiger partial charge in [0.2, 0.25) is 5.95 Å². The number of carbonyl (C=O) groups excluding carboxylic acids is 1. The molecule has 0 radical (unpaired) electrons. The van der Waals surface area contributed by atoms with E-state index in [4.69, 9.17) is 11.6 Å². The van der Waals surface area contributed by atoms with Gasteiger partial charge in [0.05, 0.1) is 22.2 Å². The highest BCUT2D eigenvalue weighted by Gasteiger charge is 2.26. The number of para-hydroxylation sites is 1.